The molecule has 2 aromatic heterocycles. The lowest BCUT2D eigenvalue weighted by Gasteiger charge is -2.46. The summed E-state index contributed by atoms with van der Waals surface area (Å²) < 4.78 is 13.9. The van der Waals surface area contributed by atoms with Crippen LogP contribution < -0.4 is 10.1 Å². The number of nitrogens with zero attached hydrogens (tertiary/aromatic N) is 4. The van der Waals surface area contributed by atoms with E-state index in [9.17, 15) is 5.11 Å². The molecule has 2 fully saturated rings. The van der Waals surface area contributed by atoms with Crippen molar-refractivity contribution in [3.05, 3.63) is 43.0 Å². The van der Waals surface area contributed by atoms with E-state index >= 15 is 0 Å². The van der Waals surface area contributed by atoms with Crippen LogP contribution in [0.25, 0.3) is 22.4 Å². The van der Waals surface area contributed by atoms with E-state index in [2.05, 4.69) is 48.1 Å². The summed E-state index contributed by atoms with van der Waals surface area (Å²) in [7, 11) is 0. The SMILES string of the molecule is CC1(C)CC(Oc2cnc(-c3ccc(-c4cnn(C5CCCCO5)c4)cc3O)cn2)CC(C)(C)N1. The molecule has 2 N–H and O–H groups in total. The van der Waals surface area contributed by atoms with Crippen LogP contribution in [0.1, 0.15) is 66.0 Å². The van der Waals surface area contributed by atoms with Gasteiger partial charge in [-0.2, -0.15) is 5.10 Å². The summed E-state index contributed by atoms with van der Waals surface area (Å²) in [5.74, 6) is 0.648. The molecule has 4 heterocycles. The number of nitrogens with one attached hydrogen (secondary N) is 1. The molecule has 0 aliphatic carbocycles. The molecule has 5 rings (SSSR count). The molecular formula is C27H35N5O3. The van der Waals surface area contributed by atoms with Gasteiger partial charge >= 0.3 is 0 Å². The predicted molar refractivity (Wildman–Crippen MR) is 134 cm³/mol. The van der Waals surface area contributed by atoms with Gasteiger partial charge in [0.2, 0.25) is 5.88 Å². The molecule has 186 valence electrons. The van der Waals surface area contributed by atoms with Crippen LogP contribution >= 0.6 is 0 Å². The highest BCUT2D eigenvalue weighted by Crippen LogP contribution is 2.34. The Morgan fingerprint density at radius 2 is 1.83 bits per heavy atom. The number of rotatable bonds is 5. The zero-order valence-corrected chi connectivity index (χ0v) is 21.0. The van der Waals surface area contributed by atoms with Crippen LogP contribution in [0.5, 0.6) is 11.6 Å². The van der Waals surface area contributed by atoms with Gasteiger partial charge in [0, 0.05) is 47.9 Å². The van der Waals surface area contributed by atoms with Crippen molar-refractivity contribution in [2.24, 2.45) is 0 Å². The van der Waals surface area contributed by atoms with Crippen LogP contribution in [0.3, 0.4) is 0 Å². The molecule has 0 spiro atoms. The average Bonchev–Trinajstić information content (AvgIpc) is 3.29. The van der Waals surface area contributed by atoms with Gasteiger partial charge in [-0.3, -0.25) is 0 Å². The maximum absolute atomic E-state index is 10.7. The maximum atomic E-state index is 10.7. The Labute approximate surface area is 206 Å². The van der Waals surface area contributed by atoms with E-state index < -0.39 is 0 Å². The van der Waals surface area contributed by atoms with Crippen molar-refractivity contribution in [3.63, 3.8) is 0 Å². The minimum Gasteiger partial charge on any atom is -0.507 e. The van der Waals surface area contributed by atoms with Gasteiger partial charge in [-0.25, -0.2) is 14.6 Å². The molecular weight excluding hydrogens is 442 g/mol. The predicted octanol–water partition coefficient (Wildman–Crippen LogP) is 5.10. The van der Waals surface area contributed by atoms with Crippen molar-refractivity contribution in [3.8, 4) is 34.0 Å². The van der Waals surface area contributed by atoms with Gasteiger partial charge < -0.3 is 19.9 Å². The van der Waals surface area contributed by atoms with E-state index in [4.69, 9.17) is 9.47 Å². The first kappa shape index (κ1) is 23.8. The number of phenols is 1. The number of aromatic hydroxyl groups is 1. The van der Waals surface area contributed by atoms with Crippen LogP contribution in [-0.4, -0.2) is 48.6 Å². The van der Waals surface area contributed by atoms with Crippen molar-refractivity contribution < 1.29 is 14.6 Å². The highest BCUT2D eigenvalue weighted by molar-refractivity contribution is 5.73. The van der Waals surface area contributed by atoms with Gasteiger partial charge in [-0.1, -0.05) is 6.07 Å². The van der Waals surface area contributed by atoms with Gasteiger partial charge in [-0.15, -0.1) is 0 Å². The van der Waals surface area contributed by atoms with Gasteiger partial charge in [0.1, 0.15) is 18.1 Å². The van der Waals surface area contributed by atoms with Crippen molar-refractivity contribution in [2.75, 3.05) is 6.61 Å². The maximum Gasteiger partial charge on any atom is 0.232 e. The highest BCUT2D eigenvalue weighted by Gasteiger charge is 2.38. The lowest BCUT2D eigenvalue weighted by atomic mass is 9.81. The van der Waals surface area contributed by atoms with Crippen LogP contribution in [0.4, 0.5) is 0 Å². The Morgan fingerprint density at radius 1 is 1.03 bits per heavy atom. The van der Waals surface area contributed by atoms with Crippen LogP contribution in [-0.2, 0) is 4.74 Å². The molecule has 3 aromatic rings. The number of piperidine rings is 1. The number of aromatic nitrogens is 4. The standard InChI is InChI=1S/C27H35N5O3/c1-26(2)12-20(13-27(3,4)31-26)35-24-16-28-22(15-29-24)21-9-8-18(11-23(21)33)19-14-30-32(17-19)25-7-5-6-10-34-25/h8-9,11,14-17,20,25,31,33H,5-7,10,12-13H2,1-4H3. The van der Waals surface area contributed by atoms with Crippen molar-refractivity contribution in [1.29, 1.82) is 0 Å². The summed E-state index contributed by atoms with van der Waals surface area (Å²) in [6.45, 7) is 9.55. The largest absolute Gasteiger partial charge is 0.507 e. The summed E-state index contributed by atoms with van der Waals surface area (Å²) in [6.07, 6.45) is 12.1. The van der Waals surface area contributed by atoms with E-state index in [1.54, 1.807) is 18.5 Å². The Balaban J connectivity index is 1.28. The normalized spacial score (nSPS) is 22.1. The van der Waals surface area contributed by atoms with Crippen LogP contribution in [0, 0.1) is 0 Å². The second kappa shape index (κ2) is 9.24. The first-order valence-corrected chi connectivity index (χ1v) is 12.5. The summed E-state index contributed by atoms with van der Waals surface area (Å²) in [6, 6.07) is 5.56. The Bertz CT molecular complexity index is 1150. The highest BCUT2D eigenvalue weighted by atomic mass is 16.5. The molecule has 1 aromatic carbocycles. The molecule has 2 aliphatic heterocycles. The second-order valence-corrected chi connectivity index (χ2v) is 11.0. The van der Waals surface area contributed by atoms with E-state index in [0.29, 0.717) is 17.1 Å². The first-order valence-electron chi connectivity index (χ1n) is 12.5. The molecule has 0 saturated carbocycles. The minimum absolute atomic E-state index is 0.00670. The topological polar surface area (TPSA) is 94.3 Å². The third-order valence-corrected chi connectivity index (χ3v) is 6.73. The van der Waals surface area contributed by atoms with Crippen LogP contribution in [0.15, 0.2) is 43.0 Å². The number of phenolic OH excluding ortho intramolecular Hbond substituents is 1. The van der Waals surface area contributed by atoms with Gasteiger partial charge in [0.25, 0.3) is 0 Å². The van der Waals surface area contributed by atoms with E-state index in [1.165, 1.54) is 0 Å². The number of hydrogen-bond acceptors (Lipinski definition) is 7. The van der Waals surface area contributed by atoms with Gasteiger partial charge in [0.15, 0.2) is 0 Å². The molecule has 35 heavy (non-hydrogen) atoms. The third kappa shape index (κ3) is 5.49. The molecule has 8 heteroatoms. The zero-order valence-electron chi connectivity index (χ0n) is 21.0. The van der Waals surface area contributed by atoms with Crippen LogP contribution in [0.2, 0.25) is 0 Å². The number of benzene rings is 1. The summed E-state index contributed by atoms with van der Waals surface area (Å²) in [4.78, 5) is 9.00. The smallest absolute Gasteiger partial charge is 0.232 e. The molecule has 0 radical (unpaired) electrons. The quantitative estimate of drug-likeness (QED) is 0.528. The summed E-state index contributed by atoms with van der Waals surface area (Å²) >= 11 is 0. The fraction of sp³-hybridized carbons (Fsp3) is 0.519. The fourth-order valence-electron chi connectivity index (χ4n) is 5.50. The minimum atomic E-state index is -0.0107. The zero-order chi connectivity index (χ0) is 24.6. The molecule has 0 amide bonds. The van der Waals surface area contributed by atoms with Gasteiger partial charge in [0.05, 0.1) is 24.3 Å². The van der Waals surface area contributed by atoms with Gasteiger partial charge in [-0.05, 0) is 64.7 Å². The van der Waals surface area contributed by atoms with Crippen molar-refractivity contribution in [2.45, 2.75) is 83.2 Å². The fourth-order valence-corrected chi connectivity index (χ4v) is 5.50. The molecule has 2 saturated heterocycles. The molecule has 1 unspecified atom stereocenters. The Morgan fingerprint density at radius 3 is 2.49 bits per heavy atom. The molecule has 1 atom stereocenters. The summed E-state index contributed by atoms with van der Waals surface area (Å²) in [5.41, 5.74) is 3.03. The molecule has 0 bridgehead atoms. The lowest BCUT2D eigenvalue weighted by Crippen LogP contribution is -2.60. The average molecular weight is 478 g/mol. The van der Waals surface area contributed by atoms with E-state index in [1.807, 2.05) is 29.2 Å². The van der Waals surface area contributed by atoms with E-state index in [0.717, 1.165) is 49.8 Å². The van der Waals surface area contributed by atoms with Crippen molar-refractivity contribution >= 4 is 0 Å². The number of ether oxygens (including phenoxy) is 2. The van der Waals surface area contributed by atoms with Crippen molar-refractivity contribution in [1.82, 2.24) is 25.1 Å². The first-order chi connectivity index (χ1) is 16.7. The monoisotopic (exact) mass is 477 g/mol. The Kier molecular flexibility index (Phi) is 6.27. The molecule has 8 nitrogen and oxygen atoms in total. The number of hydrogen-bond donors (Lipinski definition) is 2. The molecule has 2 aliphatic rings. The second-order valence-electron chi connectivity index (χ2n) is 11.0. The lowest BCUT2D eigenvalue weighted by molar-refractivity contribution is -0.0394. The Hall–Kier alpha value is -2.97. The van der Waals surface area contributed by atoms with E-state index in [-0.39, 0.29) is 29.2 Å². The third-order valence-electron chi connectivity index (χ3n) is 6.73. The summed E-state index contributed by atoms with van der Waals surface area (Å²) in [5, 5.41) is 18.9.